The van der Waals surface area contributed by atoms with E-state index in [1.165, 1.54) is 33.2 Å². The molecule has 1 amide bonds. The number of benzene rings is 1. The first-order valence-corrected chi connectivity index (χ1v) is 10.1. The second kappa shape index (κ2) is 8.23. The Balaban J connectivity index is 2.02. The minimum atomic E-state index is -5.24. The van der Waals surface area contributed by atoms with Crippen LogP contribution in [0.15, 0.2) is 46.0 Å². The number of carbonyl (C=O) groups excluding carboxylic acids is 1. The zero-order valence-corrected chi connectivity index (χ0v) is 18.6. The SMILES string of the molecule is COc1cc(Br)ccc1C(C)(C)CC(O)(C(=O)N=C1C=CCc2[nH]ncc21)C(F)(F)F. The quantitative estimate of drug-likeness (QED) is 0.642. The Kier molecular flexibility index (Phi) is 6.16. The number of amides is 1. The Bertz CT molecular complexity index is 1060. The number of aliphatic imine (C=N–C) groups is 1. The highest BCUT2D eigenvalue weighted by Gasteiger charge is 2.61. The molecule has 0 bridgehead atoms. The number of aromatic amines is 1. The number of aliphatic hydroxyl groups is 1. The fraction of sp³-hybridized carbons (Fsp3) is 0.381. The first-order chi connectivity index (χ1) is 14.4. The Hall–Kier alpha value is -2.46. The van der Waals surface area contributed by atoms with Crippen molar-refractivity contribution in [3.8, 4) is 5.75 Å². The summed E-state index contributed by atoms with van der Waals surface area (Å²) in [6, 6.07) is 4.86. The lowest BCUT2D eigenvalue weighted by molar-refractivity contribution is -0.255. The van der Waals surface area contributed by atoms with Crippen LogP contribution in [0.25, 0.3) is 0 Å². The maximum Gasteiger partial charge on any atom is 0.426 e. The van der Waals surface area contributed by atoms with Gasteiger partial charge < -0.3 is 9.84 Å². The first-order valence-electron chi connectivity index (χ1n) is 9.34. The van der Waals surface area contributed by atoms with Crippen LogP contribution in [0.2, 0.25) is 0 Å². The van der Waals surface area contributed by atoms with E-state index in [1.807, 2.05) is 0 Å². The van der Waals surface area contributed by atoms with E-state index in [0.717, 1.165) is 0 Å². The van der Waals surface area contributed by atoms with Crippen LogP contribution in [0.5, 0.6) is 5.75 Å². The zero-order chi connectivity index (χ0) is 23.0. The van der Waals surface area contributed by atoms with Crippen LogP contribution < -0.4 is 4.74 Å². The van der Waals surface area contributed by atoms with Crippen LogP contribution in [0, 0.1) is 0 Å². The molecule has 2 N–H and O–H groups in total. The number of hydrogen-bond acceptors (Lipinski definition) is 4. The smallest absolute Gasteiger partial charge is 0.426 e. The third-order valence-corrected chi connectivity index (χ3v) is 5.72. The van der Waals surface area contributed by atoms with E-state index in [2.05, 4.69) is 31.1 Å². The number of fused-ring (bicyclic) bond motifs is 1. The summed E-state index contributed by atoms with van der Waals surface area (Å²) in [5.41, 5.74) is -3.50. The molecule has 31 heavy (non-hydrogen) atoms. The third-order valence-electron chi connectivity index (χ3n) is 5.23. The topological polar surface area (TPSA) is 87.6 Å². The molecule has 0 saturated carbocycles. The molecule has 0 aliphatic heterocycles. The molecule has 1 aromatic carbocycles. The molecular formula is C21H21BrF3N3O3. The molecule has 1 aliphatic rings. The highest BCUT2D eigenvalue weighted by atomic mass is 79.9. The molecule has 1 atom stereocenters. The maximum absolute atomic E-state index is 14.0. The van der Waals surface area contributed by atoms with Gasteiger partial charge in [-0.15, -0.1) is 0 Å². The van der Waals surface area contributed by atoms with Crippen molar-refractivity contribution in [2.24, 2.45) is 4.99 Å². The molecule has 0 radical (unpaired) electrons. The second-order valence-corrected chi connectivity index (χ2v) is 8.85. The van der Waals surface area contributed by atoms with E-state index < -0.39 is 29.5 Å². The number of nitrogens with zero attached hydrogens (tertiary/aromatic N) is 2. The number of nitrogens with one attached hydrogen (secondary N) is 1. The number of aromatic nitrogens is 2. The van der Waals surface area contributed by atoms with Gasteiger partial charge in [-0.25, -0.2) is 4.99 Å². The standard InChI is InChI=1S/C21H21BrF3N3O3/c1-19(2,14-8-7-12(22)9-17(14)31-3)11-20(30,21(23,24)25)18(29)27-15-5-4-6-16-13(15)10-26-28-16/h4-5,7-10,30H,6,11H2,1-3H3,(H,26,28). The summed E-state index contributed by atoms with van der Waals surface area (Å²) in [5, 5.41) is 17.2. The molecule has 0 spiro atoms. The van der Waals surface area contributed by atoms with Crippen molar-refractivity contribution in [1.29, 1.82) is 0 Å². The second-order valence-electron chi connectivity index (χ2n) is 7.93. The summed E-state index contributed by atoms with van der Waals surface area (Å²) in [6.45, 7) is 3.01. The number of hydrogen-bond donors (Lipinski definition) is 2. The molecule has 1 aromatic heterocycles. The minimum absolute atomic E-state index is 0.0155. The van der Waals surface area contributed by atoms with Gasteiger partial charge in [0.2, 0.25) is 5.60 Å². The summed E-state index contributed by atoms with van der Waals surface area (Å²) in [6.07, 6.45) is -1.23. The van der Waals surface area contributed by atoms with Gasteiger partial charge in [-0.1, -0.05) is 41.9 Å². The van der Waals surface area contributed by atoms with Crippen molar-refractivity contribution < 1.29 is 27.8 Å². The normalized spacial score (nSPS) is 17.4. The number of rotatable bonds is 5. The predicted octanol–water partition coefficient (Wildman–Crippen LogP) is 4.27. The largest absolute Gasteiger partial charge is 0.496 e. The lowest BCUT2D eigenvalue weighted by atomic mass is 9.74. The van der Waals surface area contributed by atoms with Crippen LogP contribution in [0.4, 0.5) is 13.2 Å². The van der Waals surface area contributed by atoms with Gasteiger partial charge in [0.25, 0.3) is 5.91 Å². The Morgan fingerprint density at radius 3 is 2.71 bits per heavy atom. The molecule has 3 rings (SSSR count). The Morgan fingerprint density at radius 2 is 2.06 bits per heavy atom. The molecule has 166 valence electrons. The number of alkyl halides is 3. The Morgan fingerprint density at radius 1 is 1.35 bits per heavy atom. The van der Waals surface area contributed by atoms with Gasteiger partial charge in [0.05, 0.1) is 19.0 Å². The van der Waals surface area contributed by atoms with E-state index >= 15 is 0 Å². The van der Waals surface area contributed by atoms with Gasteiger partial charge in [0, 0.05) is 28.6 Å². The number of methoxy groups -OCH3 is 1. The number of allylic oxidation sites excluding steroid dienone is 2. The molecule has 1 aliphatic carbocycles. The van der Waals surface area contributed by atoms with Crippen LogP contribution in [-0.4, -0.2) is 45.8 Å². The molecule has 0 fully saturated rings. The fourth-order valence-corrected chi connectivity index (χ4v) is 3.96. The third kappa shape index (κ3) is 4.45. The summed E-state index contributed by atoms with van der Waals surface area (Å²) >= 11 is 3.29. The number of halogens is 4. The van der Waals surface area contributed by atoms with Crippen LogP contribution >= 0.6 is 15.9 Å². The Labute approximate surface area is 185 Å². The van der Waals surface area contributed by atoms with Gasteiger partial charge >= 0.3 is 6.18 Å². The zero-order valence-electron chi connectivity index (χ0n) is 17.0. The van der Waals surface area contributed by atoms with Crippen LogP contribution in [0.1, 0.15) is 37.1 Å². The van der Waals surface area contributed by atoms with Crippen LogP contribution in [0.3, 0.4) is 0 Å². The lowest BCUT2D eigenvalue weighted by Crippen LogP contribution is -2.54. The van der Waals surface area contributed by atoms with Gasteiger partial charge in [-0.05, 0) is 29.2 Å². The van der Waals surface area contributed by atoms with E-state index in [-0.39, 0.29) is 5.71 Å². The fourth-order valence-electron chi connectivity index (χ4n) is 3.62. The maximum atomic E-state index is 14.0. The minimum Gasteiger partial charge on any atom is -0.496 e. The molecule has 1 heterocycles. The van der Waals surface area contributed by atoms with Gasteiger partial charge in [0.15, 0.2) is 0 Å². The summed E-state index contributed by atoms with van der Waals surface area (Å²) < 4.78 is 48.0. The summed E-state index contributed by atoms with van der Waals surface area (Å²) in [7, 11) is 1.40. The van der Waals surface area contributed by atoms with E-state index in [0.29, 0.717) is 33.5 Å². The lowest BCUT2D eigenvalue weighted by Gasteiger charge is -2.36. The predicted molar refractivity (Wildman–Crippen MR) is 112 cm³/mol. The van der Waals surface area contributed by atoms with Crippen LogP contribution in [-0.2, 0) is 16.6 Å². The molecular weight excluding hydrogens is 479 g/mol. The van der Waals surface area contributed by atoms with Crippen molar-refractivity contribution in [3.05, 3.63) is 57.8 Å². The average molecular weight is 500 g/mol. The molecule has 6 nitrogen and oxygen atoms in total. The first kappa shape index (κ1) is 23.2. The summed E-state index contributed by atoms with van der Waals surface area (Å²) in [4.78, 5) is 16.4. The highest BCUT2D eigenvalue weighted by Crippen LogP contribution is 2.44. The van der Waals surface area contributed by atoms with Gasteiger partial charge in [-0.2, -0.15) is 18.3 Å². The van der Waals surface area contributed by atoms with E-state index in [9.17, 15) is 23.1 Å². The highest BCUT2D eigenvalue weighted by molar-refractivity contribution is 9.10. The number of carbonyl (C=O) groups is 1. The van der Waals surface area contributed by atoms with Gasteiger partial charge in [0.1, 0.15) is 5.75 Å². The average Bonchev–Trinajstić information content (AvgIpc) is 3.16. The number of H-pyrrole nitrogens is 1. The molecule has 0 saturated heterocycles. The van der Waals surface area contributed by atoms with Crippen molar-refractivity contribution in [1.82, 2.24) is 10.2 Å². The monoisotopic (exact) mass is 499 g/mol. The number of ether oxygens (including phenoxy) is 1. The van der Waals surface area contributed by atoms with Gasteiger partial charge in [-0.3, -0.25) is 9.89 Å². The molecule has 2 aromatic rings. The molecule has 10 heteroatoms. The summed E-state index contributed by atoms with van der Waals surface area (Å²) in [5.74, 6) is -1.35. The van der Waals surface area contributed by atoms with Crippen molar-refractivity contribution in [2.75, 3.05) is 7.11 Å². The molecule has 1 unspecified atom stereocenters. The van der Waals surface area contributed by atoms with E-state index in [1.54, 1.807) is 24.3 Å². The van der Waals surface area contributed by atoms with E-state index in [4.69, 9.17) is 4.74 Å². The van der Waals surface area contributed by atoms with Crippen molar-refractivity contribution >= 4 is 27.5 Å². The van der Waals surface area contributed by atoms with Crippen molar-refractivity contribution in [3.63, 3.8) is 0 Å². The van der Waals surface area contributed by atoms with Crippen molar-refractivity contribution in [2.45, 2.75) is 43.9 Å².